The Morgan fingerprint density at radius 1 is 1.37 bits per heavy atom. The summed E-state index contributed by atoms with van der Waals surface area (Å²) < 4.78 is 30.0. The summed E-state index contributed by atoms with van der Waals surface area (Å²) in [5, 5.41) is 1.85. The van der Waals surface area contributed by atoms with E-state index in [-0.39, 0.29) is 15.6 Å². The van der Waals surface area contributed by atoms with Crippen molar-refractivity contribution in [1.82, 2.24) is 9.84 Å². The second kappa shape index (κ2) is 5.94. The summed E-state index contributed by atoms with van der Waals surface area (Å²) in [5.41, 5.74) is 5.97. The van der Waals surface area contributed by atoms with Crippen LogP contribution in [0.15, 0.2) is 21.5 Å². The lowest BCUT2D eigenvalue weighted by Crippen LogP contribution is -2.48. The van der Waals surface area contributed by atoms with Crippen molar-refractivity contribution >= 4 is 43.2 Å². The van der Waals surface area contributed by atoms with Gasteiger partial charge < -0.3 is 10.5 Å². The van der Waals surface area contributed by atoms with Crippen LogP contribution in [-0.2, 0) is 14.8 Å². The Kier molecular flexibility index (Phi) is 4.70. The van der Waals surface area contributed by atoms with Crippen molar-refractivity contribution in [3.8, 4) is 0 Å². The maximum Gasteiger partial charge on any atom is 0.254 e. The molecule has 106 valence electrons. The van der Waals surface area contributed by atoms with Crippen LogP contribution in [0.25, 0.3) is 0 Å². The van der Waals surface area contributed by atoms with Gasteiger partial charge in [-0.1, -0.05) is 11.6 Å². The van der Waals surface area contributed by atoms with Gasteiger partial charge in [0.05, 0.1) is 17.7 Å². The van der Waals surface area contributed by atoms with E-state index in [2.05, 4.69) is 20.8 Å². The van der Waals surface area contributed by atoms with Crippen LogP contribution < -0.4 is 10.6 Å². The van der Waals surface area contributed by atoms with Gasteiger partial charge in [-0.3, -0.25) is 0 Å². The molecule has 3 N–H and O–H groups in total. The number of nitrogens with one attached hydrogen (secondary N) is 1. The molecule has 1 aliphatic heterocycles. The summed E-state index contributed by atoms with van der Waals surface area (Å²) in [6, 6.07) is 2.84. The number of benzene rings is 1. The van der Waals surface area contributed by atoms with Gasteiger partial charge in [-0.15, -0.1) is 4.83 Å². The molecular formula is C10H13BrClN3O3S. The van der Waals surface area contributed by atoms with Gasteiger partial charge in [0.25, 0.3) is 10.0 Å². The van der Waals surface area contributed by atoms with Crippen molar-refractivity contribution in [2.45, 2.75) is 4.90 Å². The van der Waals surface area contributed by atoms with E-state index in [0.29, 0.717) is 30.8 Å². The molecule has 1 heterocycles. The van der Waals surface area contributed by atoms with Gasteiger partial charge in [0.15, 0.2) is 0 Å². The molecule has 0 amide bonds. The predicted molar refractivity (Wildman–Crippen MR) is 76.3 cm³/mol. The lowest BCUT2D eigenvalue weighted by atomic mass is 10.3. The van der Waals surface area contributed by atoms with Crippen LogP contribution >= 0.6 is 27.5 Å². The first-order valence-corrected chi connectivity index (χ1v) is 8.15. The molecule has 0 saturated carbocycles. The SMILES string of the molecule is Nc1cc(Cl)cc(S(=O)(=O)NN2CCOCC2)c1Br. The second-order valence-electron chi connectivity index (χ2n) is 4.00. The molecule has 0 aliphatic carbocycles. The normalized spacial score (nSPS) is 17.6. The lowest BCUT2D eigenvalue weighted by Gasteiger charge is -2.27. The van der Waals surface area contributed by atoms with E-state index in [0.717, 1.165) is 0 Å². The summed E-state index contributed by atoms with van der Waals surface area (Å²) in [6.45, 7) is 1.96. The molecule has 0 aromatic heterocycles. The number of hydrogen-bond acceptors (Lipinski definition) is 5. The van der Waals surface area contributed by atoms with E-state index in [4.69, 9.17) is 22.1 Å². The van der Waals surface area contributed by atoms with Crippen molar-refractivity contribution in [3.63, 3.8) is 0 Å². The first-order chi connectivity index (χ1) is 8.90. The van der Waals surface area contributed by atoms with Crippen LogP contribution in [0.2, 0.25) is 5.02 Å². The molecule has 1 aromatic carbocycles. The fourth-order valence-corrected chi connectivity index (χ4v) is 4.07. The largest absolute Gasteiger partial charge is 0.398 e. The molecule has 0 unspecified atom stereocenters. The van der Waals surface area contributed by atoms with Crippen LogP contribution in [0.3, 0.4) is 0 Å². The van der Waals surface area contributed by atoms with Gasteiger partial charge >= 0.3 is 0 Å². The van der Waals surface area contributed by atoms with Crippen molar-refractivity contribution in [1.29, 1.82) is 0 Å². The second-order valence-corrected chi connectivity index (χ2v) is 6.86. The van der Waals surface area contributed by atoms with Gasteiger partial charge in [-0.05, 0) is 28.1 Å². The van der Waals surface area contributed by atoms with Gasteiger partial charge in [-0.2, -0.15) is 0 Å². The van der Waals surface area contributed by atoms with E-state index in [1.165, 1.54) is 12.1 Å². The monoisotopic (exact) mass is 369 g/mol. The van der Waals surface area contributed by atoms with Crippen molar-refractivity contribution in [2.24, 2.45) is 0 Å². The number of anilines is 1. The van der Waals surface area contributed by atoms with Gasteiger partial charge in [0.1, 0.15) is 4.90 Å². The molecule has 2 rings (SSSR count). The number of sulfonamides is 1. The number of hydrogen-bond donors (Lipinski definition) is 2. The summed E-state index contributed by atoms with van der Waals surface area (Å²) in [4.78, 5) is 2.51. The minimum atomic E-state index is -3.73. The Morgan fingerprint density at radius 2 is 2.00 bits per heavy atom. The van der Waals surface area contributed by atoms with Crippen LogP contribution in [0.1, 0.15) is 0 Å². The van der Waals surface area contributed by atoms with Crippen molar-refractivity contribution in [3.05, 3.63) is 21.6 Å². The number of ether oxygens (including phenoxy) is 1. The molecule has 0 bridgehead atoms. The summed E-state index contributed by atoms with van der Waals surface area (Å²) in [5.74, 6) is 0. The molecule has 1 fully saturated rings. The van der Waals surface area contributed by atoms with E-state index in [1.807, 2.05) is 0 Å². The number of morpholine rings is 1. The highest BCUT2D eigenvalue weighted by Crippen LogP contribution is 2.31. The molecule has 1 saturated heterocycles. The minimum absolute atomic E-state index is 0.0176. The fourth-order valence-electron chi connectivity index (χ4n) is 1.65. The molecule has 1 aliphatic rings. The van der Waals surface area contributed by atoms with E-state index in [1.54, 1.807) is 5.01 Å². The molecule has 1 aromatic rings. The summed E-state index contributed by atoms with van der Waals surface area (Å²) >= 11 is 9.01. The highest BCUT2D eigenvalue weighted by atomic mass is 79.9. The maximum absolute atomic E-state index is 12.3. The van der Waals surface area contributed by atoms with E-state index in [9.17, 15) is 8.42 Å². The molecule has 0 atom stereocenters. The molecule has 0 radical (unpaired) electrons. The zero-order valence-corrected chi connectivity index (χ0v) is 13.1. The number of nitrogen functional groups attached to an aromatic ring is 1. The van der Waals surface area contributed by atoms with Crippen LogP contribution in [0.5, 0.6) is 0 Å². The predicted octanol–water partition coefficient (Wildman–Crippen LogP) is 1.21. The average molecular weight is 371 g/mol. The smallest absolute Gasteiger partial charge is 0.254 e. The van der Waals surface area contributed by atoms with Crippen LogP contribution in [-0.4, -0.2) is 39.7 Å². The molecule has 19 heavy (non-hydrogen) atoms. The molecule has 9 heteroatoms. The zero-order valence-electron chi connectivity index (χ0n) is 9.90. The Bertz CT molecular complexity index is 576. The van der Waals surface area contributed by atoms with Crippen LogP contribution in [0.4, 0.5) is 5.69 Å². The summed E-state index contributed by atoms with van der Waals surface area (Å²) in [7, 11) is -3.73. The first-order valence-electron chi connectivity index (χ1n) is 5.50. The summed E-state index contributed by atoms with van der Waals surface area (Å²) in [6.07, 6.45) is 0. The van der Waals surface area contributed by atoms with Crippen LogP contribution in [0, 0.1) is 0 Å². The van der Waals surface area contributed by atoms with Gasteiger partial charge in [0.2, 0.25) is 0 Å². The Hall–Kier alpha value is -0.380. The fraction of sp³-hybridized carbons (Fsp3) is 0.400. The number of hydrazine groups is 1. The third-order valence-corrected chi connectivity index (χ3v) is 5.35. The van der Waals surface area contributed by atoms with Gasteiger partial charge in [0, 0.05) is 23.8 Å². The highest BCUT2D eigenvalue weighted by Gasteiger charge is 2.23. The number of halogens is 2. The topological polar surface area (TPSA) is 84.7 Å². The molecular weight excluding hydrogens is 358 g/mol. The highest BCUT2D eigenvalue weighted by molar-refractivity contribution is 9.10. The first kappa shape index (κ1) is 15.0. The Labute approximate surface area is 125 Å². The average Bonchev–Trinajstić information content (AvgIpc) is 2.34. The molecule has 0 spiro atoms. The van der Waals surface area contributed by atoms with Gasteiger partial charge in [-0.25, -0.2) is 13.4 Å². The number of nitrogens with two attached hydrogens (primary N) is 1. The number of nitrogens with zero attached hydrogens (tertiary/aromatic N) is 1. The van der Waals surface area contributed by atoms with Crippen molar-refractivity contribution in [2.75, 3.05) is 32.0 Å². The van der Waals surface area contributed by atoms with Crippen molar-refractivity contribution < 1.29 is 13.2 Å². The van der Waals surface area contributed by atoms with E-state index < -0.39 is 10.0 Å². The van der Waals surface area contributed by atoms with E-state index >= 15 is 0 Å². The zero-order chi connectivity index (χ0) is 14.0. The Balaban J connectivity index is 2.28. The third kappa shape index (κ3) is 3.59. The maximum atomic E-state index is 12.3. The quantitative estimate of drug-likeness (QED) is 0.781. The third-order valence-electron chi connectivity index (χ3n) is 2.58. The number of rotatable bonds is 3. The standard InChI is InChI=1S/C10H13BrClN3O3S/c11-10-8(13)5-7(12)6-9(10)19(16,17)14-15-1-3-18-4-2-15/h5-6,14H,1-4,13H2. The lowest BCUT2D eigenvalue weighted by molar-refractivity contribution is 0.0272. The Morgan fingerprint density at radius 3 is 2.63 bits per heavy atom. The minimum Gasteiger partial charge on any atom is -0.398 e. The molecule has 6 nitrogen and oxygen atoms in total.